The number of para-hydroxylation sites is 1. The van der Waals surface area contributed by atoms with Gasteiger partial charge >= 0.3 is 0 Å². The quantitative estimate of drug-likeness (QED) is 0.725. The van der Waals surface area contributed by atoms with Gasteiger partial charge in [0.2, 0.25) is 0 Å². The van der Waals surface area contributed by atoms with Crippen LogP contribution in [0, 0.1) is 5.82 Å². The van der Waals surface area contributed by atoms with Gasteiger partial charge in [-0.25, -0.2) is 9.37 Å². The van der Waals surface area contributed by atoms with Crippen molar-refractivity contribution in [3.05, 3.63) is 59.7 Å². The van der Waals surface area contributed by atoms with Gasteiger partial charge in [-0.2, -0.15) is 0 Å². The third-order valence-electron chi connectivity index (χ3n) is 2.82. The number of aromatic hydroxyl groups is 1. The number of aromatic amines is 1. The molecule has 0 saturated heterocycles. The summed E-state index contributed by atoms with van der Waals surface area (Å²) >= 11 is 0. The summed E-state index contributed by atoms with van der Waals surface area (Å²) in [6.45, 7) is 0. The van der Waals surface area contributed by atoms with Crippen LogP contribution < -0.4 is 0 Å². The number of phenolic OH excluding ortho intramolecular Hbond substituents is 1. The Morgan fingerprint density at radius 1 is 1.11 bits per heavy atom. The van der Waals surface area contributed by atoms with E-state index in [0.717, 1.165) is 5.56 Å². The van der Waals surface area contributed by atoms with Gasteiger partial charge in [-0.05, 0) is 29.8 Å². The van der Waals surface area contributed by atoms with Crippen LogP contribution in [0.1, 0.15) is 11.4 Å². The molecule has 0 amide bonds. The zero-order chi connectivity index (χ0) is 12.5. The van der Waals surface area contributed by atoms with Crippen molar-refractivity contribution < 1.29 is 9.50 Å². The molecule has 3 aromatic rings. The second kappa shape index (κ2) is 4.14. The number of imidazole rings is 1. The van der Waals surface area contributed by atoms with E-state index in [-0.39, 0.29) is 11.6 Å². The minimum absolute atomic E-state index is 0.231. The van der Waals surface area contributed by atoms with E-state index in [2.05, 4.69) is 9.97 Å². The number of aromatic nitrogens is 2. The average Bonchev–Trinajstić information content (AvgIpc) is 2.76. The van der Waals surface area contributed by atoms with Gasteiger partial charge in [-0.1, -0.05) is 18.2 Å². The molecular formula is C14H11FN2O. The summed E-state index contributed by atoms with van der Waals surface area (Å²) < 4.78 is 13.5. The van der Waals surface area contributed by atoms with Crippen LogP contribution in [-0.2, 0) is 6.42 Å². The van der Waals surface area contributed by atoms with E-state index in [9.17, 15) is 9.50 Å². The first-order valence-electron chi connectivity index (χ1n) is 5.63. The van der Waals surface area contributed by atoms with Crippen LogP contribution >= 0.6 is 0 Å². The third-order valence-corrected chi connectivity index (χ3v) is 2.82. The molecule has 0 spiro atoms. The van der Waals surface area contributed by atoms with Crippen LogP contribution in [0.3, 0.4) is 0 Å². The number of hydrogen-bond acceptors (Lipinski definition) is 2. The maximum absolute atomic E-state index is 13.5. The fraction of sp³-hybridized carbons (Fsp3) is 0.0714. The molecule has 0 radical (unpaired) electrons. The van der Waals surface area contributed by atoms with Crippen molar-refractivity contribution >= 4 is 11.0 Å². The number of benzene rings is 2. The summed E-state index contributed by atoms with van der Waals surface area (Å²) in [6.07, 6.45) is 0.578. The highest BCUT2D eigenvalue weighted by Gasteiger charge is 2.07. The van der Waals surface area contributed by atoms with Crippen molar-refractivity contribution in [2.24, 2.45) is 0 Å². The Morgan fingerprint density at radius 3 is 2.61 bits per heavy atom. The van der Waals surface area contributed by atoms with E-state index in [1.807, 2.05) is 12.1 Å². The number of halogens is 1. The van der Waals surface area contributed by atoms with Gasteiger partial charge in [0, 0.05) is 6.42 Å². The van der Waals surface area contributed by atoms with Gasteiger partial charge in [0.1, 0.15) is 17.1 Å². The van der Waals surface area contributed by atoms with E-state index >= 15 is 0 Å². The number of phenols is 1. The molecular weight excluding hydrogens is 231 g/mol. The lowest BCUT2D eigenvalue weighted by Gasteiger charge is -1.98. The molecule has 1 aromatic heterocycles. The Balaban J connectivity index is 1.95. The van der Waals surface area contributed by atoms with Gasteiger partial charge in [0.05, 0.1) is 5.52 Å². The molecule has 0 unspecified atom stereocenters. The lowest BCUT2D eigenvalue weighted by molar-refractivity contribution is 0.475. The zero-order valence-corrected chi connectivity index (χ0v) is 9.52. The lowest BCUT2D eigenvalue weighted by Crippen LogP contribution is -1.89. The Labute approximate surface area is 103 Å². The predicted octanol–water partition coefficient (Wildman–Crippen LogP) is 3.00. The Bertz CT molecular complexity index is 689. The summed E-state index contributed by atoms with van der Waals surface area (Å²) in [5.41, 5.74) is 2.07. The Hall–Kier alpha value is -2.36. The Morgan fingerprint density at radius 2 is 1.89 bits per heavy atom. The van der Waals surface area contributed by atoms with Crippen LogP contribution in [0.4, 0.5) is 4.39 Å². The predicted molar refractivity (Wildman–Crippen MR) is 67.0 cm³/mol. The van der Waals surface area contributed by atoms with E-state index in [0.29, 0.717) is 23.3 Å². The van der Waals surface area contributed by atoms with Crippen LogP contribution in [0.25, 0.3) is 11.0 Å². The number of fused-ring (bicyclic) bond motifs is 1. The average molecular weight is 242 g/mol. The van der Waals surface area contributed by atoms with Crippen molar-refractivity contribution in [2.45, 2.75) is 6.42 Å². The van der Waals surface area contributed by atoms with E-state index in [4.69, 9.17) is 0 Å². The van der Waals surface area contributed by atoms with E-state index in [1.54, 1.807) is 24.3 Å². The maximum Gasteiger partial charge on any atom is 0.151 e. The molecule has 0 saturated carbocycles. The van der Waals surface area contributed by atoms with Crippen molar-refractivity contribution in [1.82, 2.24) is 9.97 Å². The van der Waals surface area contributed by atoms with Gasteiger partial charge in [-0.15, -0.1) is 0 Å². The first kappa shape index (κ1) is 10.8. The highest BCUT2D eigenvalue weighted by molar-refractivity contribution is 5.75. The topological polar surface area (TPSA) is 48.9 Å². The minimum Gasteiger partial charge on any atom is -0.508 e. The molecule has 0 atom stereocenters. The SMILES string of the molecule is Oc1ccc(Cc2nc3c(F)cccc3[nH]2)cc1. The number of rotatable bonds is 2. The van der Waals surface area contributed by atoms with Gasteiger partial charge in [0.15, 0.2) is 5.82 Å². The fourth-order valence-corrected chi connectivity index (χ4v) is 1.94. The van der Waals surface area contributed by atoms with Gasteiger partial charge in [0.25, 0.3) is 0 Å². The number of H-pyrrole nitrogens is 1. The standard InChI is InChI=1S/C14H11FN2O/c15-11-2-1-3-12-14(11)17-13(16-12)8-9-4-6-10(18)7-5-9/h1-7,18H,8H2,(H,16,17). The molecule has 2 N–H and O–H groups in total. The highest BCUT2D eigenvalue weighted by atomic mass is 19.1. The smallest absolute Gasteiger partial charge is 0.151 e. The summed E-state index contributed by atoms with van der Waals surface area (Å²) in [5.74, 6) is 0.621. The van der Waals surface area contributed by atoms with Crippen LogP contribution in [-0.4, -0.2) is 15.1 Å². The first-order valence-corrected chi connectivity index (χ1v) is 5.63. The second-order valence-electron chi connectivity index (χ2n) is 4.16. The molecule has 1 heterocycles. The molecule has 0 aliphatic carbocycles. The number of nitrogens with one attached hydrogen (secondary N) is 1. The molecule has 0 fully saturated rings. The van der Waals surface area contributed by atoms with Crippen molar-refractivity contribution in [3.8, 4) is 5.75 Å². The number of hydrogen-bond donors (Lipinski definition) is 2. The van der Waals surface area contributed by atoms with E-state index in [1.165, 1.54) is 6.07 Å². The van der Waals surface area contributed by atoms with Crippen molar-refractivity contribution in [3.63, 3.8) is 0 Å². The van der Waals surface area contributed by atoms with Crippen LogP contribution in [0.2, 0.25) is 0 Å². The zero-order valence-electron chi connectivity index (χ0n) is 9.52. The largest absolute Gasteiger partial charge is 0.508 e. The molecule has 2 aromatic carbocycles. The molecule has 4 heteroatoms. The summed E-state index contributed by atoms with van der Waals surface area (Å²) in [4.78, 5) is 7.32. The monoisotopic (exact) mass is 242 g/mol. The summed E-state index contributed by atoms with van der Waals surface area (Å²) in [7, 11) is 0. The van der Waals surface area contributed by atoms with Gasteiger partial charge in [-0.3, -0.25) is 0 Å². The summed E-state index contributed by atoms with van der Waals surface area (Å²) in [5, 5.41) is 9.20. The molecule has 18 heavy (non-hydrogen) atoms. The van der Waals surface area contributed by atoms with Crippen LogP contribution in [0.5, 0.6) is 5.75 Å². The fourth-order valence-electron chi connectivity index (χ4n) is 1.94. The molecule has 0 aliphatic heterocycles. The molecule has 3 rings (SSSR count). The maximum atomic E-state index is 13.5. The summed E-state index contributed by atoms with van der Waals surface area (Å²) in [6, 6.07) is 11.7. The Kier molecular flexibility index (Phi) is 2.48. The normalized spacial score (nSPS) is 10.9. The molecule has 90 valence electrons. The lowest BCUT2D eigenvalue weighted by atomic mass is 10.1. The second-order valence-corrected chi connectivity index (χ2v) is 4.16. The van der Waals surface area contributed by atoms with Gasteiger partial charge < -0.3 is 10.1 Å². The van der Waals surface area contributed by atoms with Crippen molar-refractivity contribution in [2.75, 3.05) is 0 Å². The number of nitrogens with zero attached hydrogens (tertiary/aromatic N) is 1. The third kappa shape index (κ3) is 1.93. The molecule has 0 bridgehead atoms. The van der Waals surface area contributed by atoms with Crippen LogP contribution in [0.15, 0.2) is 42.5 Å². The molecule has 3 nitrogen and oxygen atoms in total. The van der Waals surface area contributed by atoms with Crippen molar-refractivity contribution in [1.29, 1.82) is 0 Å². The highest BCUT2D eigenvalue weighted by Crippen LogP contribution is 2.17. The first-order chi connectivity index (χ1) is 8.72. The minimum atomic E-state index is -0.319. The van der Waals surface area contributed by atoms with E-state index < -0.39 is 0 Å². The molecule has 0 aliphatic rings.